The monoisotopic (exact) mass is 554 g/mol. The van der Waals surface area contributed by atoms with Gasteiger partial charge in [0.15, 0.2) is 6.04 Å². The van der Waals surface area contributed by atoms with Crippen LogP contribution in [0.25, 0.3) is 0 Å². The van der Waals surface area contributed by atoms with Gasteiger partial charge in [0.1, 0.15) is 6.04 Å². The van der Waals surface area contributed by atoms with Gasteiger partial charge in [-0.15, -0.1) is 0 Å². The Labute approximate surface area is 205 Å². The third-order valence-electron chi connectivity index (χ3n) is 5.78. The third-order valence-corrected chi connectivity index (χ3v) is 6.45. The van der Waals surface area contributed by atoms with Crippen LogP contribution in [0, 0.1) is 3.57 Å². The maximum absolute atomic E-state index is 13.9. The largest absolute Gasteiger partial charge is 0.479 e. The van der Waals surface area contributed by atoms with Crippen LogP contribution in [0.3, 0.4) is 0 Å². The summed E-state index contributed by atoms with van der Waals surface area (Å²) in [4.78, 5) is 41.1. The molecule has 2 atom stereocenters. The molecule has 1 heterocycles. The molecule has 0 saturated heterocycles. The van der Waals surface area contributed by atoms with Crippen LogP contribution >= 0.6 is 22.6 Å². The highest BCUT2D eigenvalue weighted by Gasteiger charge is 2.43. The van der Waals surface area contributed by atoms with Gasteiger partial charge in [-0.05, 0) is 63.4 Å². The van der Waals surface area contributed by atoms with Crippen molar-refractivity contribution >= 4 is 46.1 Å². The number of fused-ring (bicyclic) bond motifs is 1. The Hall–Kier alpha value is -3.20. The Morgan fingerprint density at radius 1 is 0.970 bits per heavy atom. The summed E-state index contributed by atoms with van der Waals surface area (Å²) in [5.74, 6) is -1.89. The zero-order valence-corrected chi connectivity index (χ0v) is 20.3. The molecule has 0 bridgehead atoms. The number of carbonyl (C=O) groups is 3. The van der Waals surface area contributed by atoms with Gasteiger partial charge >= 0.3 is 5.97 Å². The van der Waals surface area contributed by atoms with E-state index in [1.54, 1.807) is 60.7 Å². The molecule has 0 aromatic heterocycles. The van der Waals surface area contributed by atoms with Gasteiger partial charge in [0, 0.05) is 3.57 Å². The quantitative estimate of drug-likeness (QED) is 0.415. The van der Waals surface area contributed by atoms with Crippen LogP contribution in [0.5, 0.6) is 0 Å². The molecule has 168 valence electrons. The van der Waals surface area contributed by atoms with Gasteiger partial charge < -0.3 is 15.3 Å². The van der Waals surface area contributed by atoms with Gasteiger partial charge in [0.2, 0.25) is 0 Å². The lowest BCUT2D eigenvalue weighted by atomic mass is 9.95. The standard InChI is InChI=1S/C26H23IN2O4/c1-15(2)16-8-10-18(11-9-16)22-24(30)28-21-13-12-19(27)14-20(21)25(31)29(22)23(26(32)33)17-6-4-3-5-7-17/h3-15,22-23H,1-2H3,(H,28,30)(H,32,33)/t22-,23-/m0/s1. The maximum Gasteiger partial charge on any atom is 0.331 e. The molecule has 7 heteroatoms. The highest BCUT2D eigenvalue weighted by atomic mass is 127. The molecule has 0 fully saturated rings. The second-order valence-electron chi connectivity index (χ2n) is 8.27. The first-order valence-corrected chi connectivity index (χ1v) is 11.7. The molecule has 1 aliphatic rings. The van der Waals surface area contributed by atoms with E-state index < -0.39 is 29.9 Å². The van der Waals surface area contributed by atoms with E-state index in [1.807, 2.05) is 12.1 Å². The van der Waals surface area contributed by atoms with Crippen molar-refractivity contribution in [2.45, 2.75) is 31.8 Å². The van der Waals surface area contributed by atoms with Gasteiger partial charge in [-0.2, -0.15) is 0 Å². The second kappa shape index (κ2) is 9.35. The Balaban J connectivity index is 1.93. The average Bonchev–Trinajstić information content (AvgIpc) is 2.89. The van der Waals surface area contributed by atoms with Gasteiger partial charge in [-0.1, -0.05) is 68.4 Å². The summed E-state index contributed by atoms with van der Waals surface area (Å²) < 4.78 is 0.806. The predicted molar refractivity (Wildman–Crippen MR) is 134 cm³/mol. The zero-order chi connectivity index (χ0) is 23.7. The lowest BCUT2D eigenvalue weighted by Crippen LogP contribution is -2.44. The Kier molecular flexibility index (Phi) is 6.51. The number of hydrogen-bond acceptors (Lipinski definition) is 3. The molecule has 33 heavy (non-hydrogen) atoms. The van der Waals surface area contributed by atoms with Crippen molar-refractivity contribution in [2.24, 2.45) is 0 Å². The van der Waals surface area contributed by atoms with Crippen LogP contribution in [-0.4, -0.2) is 27.8 Å². The Morgan fingerprint density at radius 2 is 1.64 bits per heavy atom. The zero-order valence-electron chi connectivity index (χ0n) is 18.2. The summed E-state index contributed by atoms with van der Waals surface area (Å²) in [6, 6.07) is 18.6. The minimum absolute atomic E-state index is 0.263. The number of rotatable bonds is 5. The number of carboxylic acid groups (broad SMARTS) is 1. The van der Waals surface area contributed by atoms with Crippen molar-refractivity contribution in [3.8, 4) is 0 Å². The van der Waals surface area contributed by atoms with Crippen LogP contribution in [0.15, 0.2) is 72.8 Å². The smallest absolute Gasteiger partial charge is 0.331 e. The SMILES string of the molecule is CC(C)c1ccc([C@H]2C(=O)Nc3ccc(I)cc3C(=O)N2[C@H](C(=O)O)c2ccccc2)cc1. The number of carbonyl (C=O) groups excluding carboxylic acids is 2. The van der Waals surface area contributed by atoms with Crippen LogP contribution in [0.1, 0.15) is 58.9 Å². The van der Waals surface area contributed by atoms with Crippen LogP contribution in [0.4, 0.5) is 5.69 Å². The lowest BCUT2D eigenvalue weighted by molar-refractivity contribution is -0.144. The molecule has 3 aromatic rings. The van der Waals surface area contributed by atoms with Gasteiger partial charge in [-0.3, -0.25) is 9.59 Å². The number of carboxylic acids is 1. The molecular formula is C26H23IN2O4. The third kappa shape index (κ3) is 4.50. The fourth-order valence-corrected chi connectivity index (χ4v) is 4.58. The fraction of sp³-hybridized carbons (Fsp3) is 0.192. The summed E-state index contributed by atoms with van der Waals surface area (Å²) in [5.41, 5.74) is 2.69. The highest BCUT2D eigenvalue weighted by Crippen LogP contribution is 2.38. The Morgan fingerprint density at radius 3 is 2.24 bits per heavy atom. The average molecular weight is 554 g/mol. The Bertz CT molecular complexity index is 1210. The summed E-state index contributed by atoms with van der Waals surface area (Å²) in [5, 5.41) is 13.1. The summed E-state index contributed by atoms with van der Waals surface area (Å²) >= 11 is 2.09. The van der Waals surface area contributed by atoms with Crippen molar-refractivity contribution in [3.05, 3.63) is 98.6 Å². The van der Waals surface area contributed by atoms with E-state index >= 15 is 0 Å². The fourth-order valence-electron chi connectivity index (χ4n) is 4.09. The number of amides is 2. The molecular weight excluding hydrogens is 531 g/mol. The second-order valence-corrected chi connectivity index (χ2v) is 9.51. The molecule has 6 nitrogen and oxygen atoms in total. The van der Waals surface area contributed by atoms with E-state index in [1.165, 1.54) is 4.90 Å². The van der Waals surface area contributed by atoms with Crippen LogP contribution in [0.2, 0.25) is 0 Å². The minimum atomic E-state index is -1.34. The highest BCUT2D eigenvalue weighted by molar-refractivity contribution is 14.1. The maximum atomic E-state index is 13.9. The molecule has 0 spiro atoms. The van der Waals surface area contributed by atoms with E-state index in [-0.39, 0.29) is 5.56 Å². The van der Waals surface area contributed by atoms with Crippen molar-refractivity contribution in [1.29, 1.82) is 0 Å². The number of nitrogens with zero attached hydrogens (tertiary/aromatic N) is 1. The number of benzene rings is 3. The molecule has 2 amide bonds. The summed E-state index contributed by atoms with van der Waals surface area (Å²) in [6.45, 7) is 4.13. The number of aliphatic carboxylic acids is 1. The lowest BCUT2D eigenvalue weighted by Gasteiger charge is -2.34. The summed E-state index contributed by atoms with van der Waals surface area (Å²) in [7, 11) is 0. The van der Waals surface area contributed by atoms with E-state index in [0.717, 1.165) is 9.13 Å². The van der Waals surface area contributed by atoms with Crippen LogP contribution in [-0.2, 0) is 9.59 Å². The number of halogens is 1. The van der Waals surface area contributed by atoms with Gasteiger partial charge in [0.25, 0.3) is 11.8 Å². The molecule has 1 aliphatic heterocycles. The van der Waals surface area contributed by atoms with Crippen molar-refractivity contribution < 1.29 is 19.5 Å². The first-order chi connectivity index (χ1) is 15.8. The molecule has 3 aromatic carbocycles. The van der Waals surface area contributed by atoms with Crippen molar-refractivity contribution in [1.82, 2.24) is 4.90 Å². The van der Waals surface area contributed by atoms with Crippen molar-refractivity contribution in [3.63, 3.8) is 0 Å². The minimum Gasteiger partial charge on any atom is -0.479 e. The van der Waals surface area contributed by atoms with E-state index in [0.29, 0.717) is 22.7 Å². The van der Waals surface area contributed by atoms with Crippen molar-refractivity contribution in [2.75, 3.05) is 5.32 Å². The predicted octanol–water partition coefficient (Wildman–Crippen LogP) is 5.38. The first-order valence-electron chi connectivity index (χ1n) is 10.6. The normalized spacial score (nSPS) is 16.7. The van der Waals surface area contributed by atoms with E-state index in [4.69, 9.17) is 0 Å². The molecule has 2 N–H and O–H groups in total. The van der Waals surface area contributed by atoms with Crippen LogP contribution < -0.4 is 5.32 Å². The molecule has 0 radical (unpaired) electrons. The first kappa shape index (κ1) is 23.0. The van der Waals surface area contributed by atoms with E-state index in [2.05, 4.69) is 41.8 Å². The van der Waals surface area contributed by atoms with E-state index in [9.17, 15) is 19.5 Å². The van der Waals surface area contributed by atoms with Gasteiger partial charge in [-0.25, -0.2) is 4.79 Å². The number of hydrogen-bond donors (Lipinski definition) is 2. The molecule has 0 aliphatic carbocycles. The molecule has 4 rings (SSSR count). The van der Waals surface area contributed by atoms with Gasteiger partial charge in [0.05, 0.1) is 11.3 Å². The molecule has 0 unspecified atom stereocenters. The summed E-state index contributed by atoms with van der Waals surface area (Å²) in [6.07, 6.45) is 0. The number of anilines is 1. The molecule has 0 saturated carbocycles. The topological polar surface area (TPSA) is 86.7 Å². The number of nitrogens with one attached hydrogen (secondary N) is 1.